The van der Waals surface area contributed by atoms with E-state index in [1.165, 1.54) is 17.2 Å². The van der Waals surface area contributed by atoms with Crippen molar-refractivity contribution in [1.82, 2.24) is 4.90 Å². The smallest absolute Gasteiger partial charge is 0.255 e. The minimum atomic E-state index is -1.11. The molecule has 1 atom stereocenters. The summed E-state index contributed by atoms with van der Waals surface area (Å²) in [6.07, 6.45) is 1.52. The van der Waals surface area contributed by atoms with E-state index in [0.717, 1.165) is 0 Å². The van der Waals surface area contributed by atoms with E-state index in [1.54, 1.807) is 6.07 Å². The van der Waals surface area contributed by atoms with Gasteiger partial charge in [-0.2, -0.15) is 0 Å². The molecule has 3 nitrogen and oxygen atoms in total. The van der Waals surface area contributed by atoms with Gasteiger partial charge in [-0.05, 0) is 12.1 Å². The number of nitrogens with zero attached hydrogens (tertiary/aromatic N) is 1. The molecule has 1 amide bonds. The van der Waals surface area contributed by atoms with Gasteiger partial charge in [0, 0.05) is 32.7 Å². The molecule has 1 aromatic carbocycles. The molecule has 0 saturated carbocycles. The molecule has 0 N–H and O–H groups in total. The molecule has 1 heterocycles. The van der Waals surface area contributed by atoms with Gasteiger partial charge in [-0.25, -0.2) is 4.39 Å². The predicted molar refractivity (Wildman–Crippen MR) is 62.9 cm³/mol. The Morgan fingerprint density at radius 2 is 2.25 bits per heavy atom. The predicted octanol–water partition coefficient (Wildman–Crippen LogP) is 1.88. The van der Waals surface area contributed by atoms with Gasteiger partial charge < -0.3 is 4.90 Å². The molecule has 0 aliphatic carbocycles. The Labute approximate surface area is 103 Å². The van der Waals surface area contributed by atoms with E-state index in [2.05, 4.69) is 15.9 Å². The molecule has 1 aromatic rings. The van der Waals surface area contributed by atoms with Crippen LogP contribution in [0.5, 0.6) is 0 Å². The number of rotatable bonds is 2. The van der Waals surface area contributed by atoms with Crippen LogP contribution in [0.4, 0.5) is 4.39 Å². The number of benzene rings is 1. The first kappa shape index (κ1) is 11.7. The van der Waals surface area contributed by atoms with Gasteiger partial charge in [0.15, 0.2) is 0 Å². The first-order valence-corrected chi connectivity index (χ1v) is 7.08. The summed E-state index contributed by atoms with van der Waals surface area (Å²) in [5.74, 6) is -0.516. The SMILES string of the molecule is C[S@](=O)CN1Cc2c(F)cc(Br)cc2C1=O. The molecule has 0 unspecified atom stereocenters. The number of amides is 1. The lowest BCUT2D eigenvalue weighted by Crippen LogP contribution is -2.27. The highest BCUT2D eigenvalue weighted by atomic mass is 79.9. The van der Waals surface area contributed by atoms with E-state index < -0.39 is 16.6 Å². The first-order chi connectivity index (χ1) is 7.49. The van der Waals surface area contributed by atoms with Gasteiger partial charge >= 0.3 is 0 Å². The maximum atomic E-state index is 13.6. The van der Waals surface area contributed by atoms with Crippen LogP contribution in [0.1, 0.15) is 15.9 Å². The fourth-order valence-corrected chi connectivity index (χ4v) is 2.79. The van der Waals surface area contributed by atoms with Gasteiger partial charge in [-0.15, -0.1) is 0 Å². The summed E-state index contributed by atoms with van der Waals surface area (Å²) in [5.41, 5.74) is 0.746. The standard InChI is InChI=1S/C10H9BrFNO2S/c1-16(15)5-13-4-8-7(10(13)14)2-6(11)3-9(8)12/h2-3H,4-5H2,1H3/t16-/m0/s1. The molecule has 1 aliphatic rings. The van der Waals surface area contributed by atoms with Crippen LogP contribution in [0.15, 0.2) is 16.6 Å². The average molecular weight is 306 g/mol. The van der Waals surface area contributed by atoms with Gasteiger partial charge in [-0.1, -0.05) is 15.9 Å². The van der Waals surface area contributed by atoms with Gasteiger partial charge in [0.1, 0.15) is 5.82 Å². The van der Waals surface area contributed by atoms with Crippen molar-refractivity contribution >= 4 is 32.6 Å². The number of carbonyl (C=O) groups excluding carboxylic acids is 1. The van der Waals surface area contributed by atoms with Crippen molar-refractivity contribution in [1.29, 1.82) is 0 Å². The molecule has 2 rings (SSSR count). The summed E-state index contributed by atoms with van der Waals surface area (Å²) < 4.78 is 25.2. The Kier molecular flexibility index (Phi) is 3.12. The average Bonchev–Trinajstić information content (AvgIpc) is 2.45. The third-order valence-electron chi connectivity index (χ3n) is 2.36. The van der Waals surface area contributed by atoms with Crippen molar-refractivity contribution < 1.29 is 13.4 Å². The summed E-state index contributed by atoms with van der Waals surface area (Å²) in [4.78, 5) is 13.2. The molecule has 0 spiro atoms. The quantitative estimate of drug-likeness (QED) is 0.836. The van der Waals surface area contributed by atoms with Gasteiger partial charge in [0.2, 0.25) is 0 Å². The molecule has 1 aliphatic heterocycles. The van der Waals surface area contributed by atoms with Crippen LogP contribution < -0.4 is 0 Å². The summed E-state index contributed by atoms with van der Waals surface area (Å²) in [7, 11) is -1.11. The number of halogens is 2. The number of fused-ring (bicyclic) bond motifs is 1. The lowest BCUT2D eigenvalue weighted by molar-refractivity contribution is 0.0806. The molecule has 6 heteroatoms. The molecule has 86 valence electrons. The van der Waals surface area contributed by atoms with Gasteiger partial charge in [0.05, 0.1) is 12.4 Å². The highest BCUT2D eigenvalue weighted by molar-refractivity contribution is 9.10. The van der Waals surface area contributed by atoms with E-state index in [1.807, 2.05) is 0 Å². The van der Waals surface area contributed by atoms with Crippen molar-refractivity contribution in [2.75, 3.05) is 12.1 Å². The van der Waals surface area contributed by atoms with Crippen molar-refractivity contribution in [3.05, 3.63) is 33.5 Å². The third kappa shape index (κ3) is 2.04. The minimum absolute atomic E-state index is 0.143. The maximum Gasteiger partial charge on any atom is 0.255 e. The molecule has 0 radical (unpaired) electrons. The fourth-order valence-electron chi connectivity index (χ4n) is 1.71. The molecule has 0 aromatic heterocycles. The van der Waals surface area contributed by atoms with Crippen LogP contribution in [-0.2, 0) is 17.3 Å². The number of hydrogen-bond donors (Lipinski definition) is 0. The van der Waals surface area contributed by atoms with Gasteiger partial charge in [0.25, 0.3) is 5.91 Å². The fraction of sp³-hybridized carbons (Fsp3) is 0.300. The zero-order valence-electron chi connectivity index (χ0n) is 8.50. The molecule has 0 saturated heterocycles. The second-order valence-corrected chi connectivity index (χ2v) is 5.94. The zero-order valence-corrected chi connectivity index (χ0v) is 10.9. The Morgan fingerprint density at radius 1 is 1.56 bits per heavy atom. The van der Waals surface area contributed by atoms with Gasteiger partial charge in [-0.3, -0.25) is 9.00 Å². The van der Waals surface area contributed by atoms with Crippen LogP contribution in [0, 0.1) is 5.82 Å². The molecular formula is C10H9BrFNO2S. The first-order valence-electron chi connectivity index (χ1n) is 4.56. The van der Waals surface area contributed by atoms with Crippen molar-refractivity contribution in [2.24, 2.45) is 0 Å². The Hall–Kier alpha value is -0.750. The highest BCUT2D eigenvalue weighted by Crippen LogP contribution is 2.28. The molecular weight excluding hydrogens is 297 g/mol. The number of hydrogen-bond acceptors (Lipinski definition) is 2. The van der Waals surface area contributed by atoms with E-state index in [9.17, 15) is 13.4 Å². The van der Waals surface area contributed by atoms with E-state index in [-0.39, 0.29) is 18.3 Å². The lowest BCUT2D eigenvalue weighted by Gasteiger charge is -2.12. The summed E-state index contributed by atoms with van der Waals surface area (Å²) >= 11 is 3.14. The molecule has 0 fully saturated rings. The van der Waals surface area contributed by atoms with Crippen LogP contribution in [0.3, 0.4) is 0 Å². The summed E-state index contributed by atoms with van der Waals surface area (Å²) in [6.45, 7) is 0.201. The highest BCUT2D eigenvalue weighted by Gasteiger charge is 2.30. The van der Waals surface area contributed by atoms with E-state index in [0.29, 0.717) is 15.6 Å². The second-order valence-electron chi connectivity index (χ2n) is 3.62. The Morgan fingerprint density at radius 3 is 2.88 bits per heavy atom. The summed E-state index contributed by atoms with van der Waals surface area (Å²) in [6, 6.07) is 2.93. The Bertz CT molecular complexity index is 492. The minimum Gasteiger partial charge on any atom is -0.322 e. The van der Waals surface area contributed by atoms with Crippen LogP contribution >= 0.6 is 15.9 Å². The van der Waals surface area contributed by atoms with Crippen LogP contribution in [0.25, 0.3) is 0 Å². The number of carbonyl (C=O) groups is 1. The maximum absolute atomic E-state index is 13.6. The topological polar surface area (TPSA) is 37.4 Å². The van der Waals surface area contributed by atoms with Crippen LogP contribution in [-0.4, -0.2) is 27.1 Å². The van der Waals surface area contributed by atoms with Crippen molar-refractivity contribution in [2.45, 2.75) is 6.54 Å². The van der Waals surface area contributed by atoms with Crippen molar-refractivity contribution in [3.63, 3.8) is 0 Å². The zero-order chi connectivity index (χ0) is 11.9. The normalized spacial score (nSPS) is 16.4. The summed E-state index contributed by atoms with van der Waals surface area (Å²) in [5, 5.41) is 0. The largest absolute Gasteiger partial charge is 0.322 e. The Balaban J connectivity index is 2.38. The third-order valence-corrected chi connectivity index (χ3v) is 3.50. The lowest BCUT2D eigenvalue weighted by atomic mass is 10.1. The van der Waals surface area contributed by atoms with E-state index >= 15 is 0 Å². The molecule has 16 heavy (non-hydrogen) atoms. The monoisotopic (exact) mass is 305 g/mol. The van der Waals surface area contributed by atoms with E-state index in [4.69, 9.17) is 0 Å². The van der Waals surface area contributed by atoms with Crippen molar-refractivity contribution in [3.8, 4) is 0 Å². The molecule has 0 bridgehead atoms. The van der Waals surface area contributed by atoms with Crippen LogP contribution in [0.2, 0.25) is 0 Å². The second kappa shape index (κ2) is 4.25.